The highest BCUT2D eigenvalue weighted by Gasteiger charge is 2.24. The van der Waals surface area contributed by atoms with Crippen molar-refractivity contribution in [1.82, 2.24) is 10.3 Å². The molecule has 2 nitrogen and oxygen atoms in total. The highest BCUT2D eigenvalue weighted by molar-refractivity contribution is 5.10. The maximum absolute atomic E-state index is 4.46. The summed E-state index contributed by atoms with van der Waals surface area (Å²) in [4.78, 5) is 4.46. The molecule has 2 rings (SSSR count). The third-order valence-electron chi connectivity index (χ3n) is 3.44. The molecule has 82 valence electrons. The predicted molar refractivity (Wildman–Crippen MR) is 62.6 cm³/mol. The Morgan fingerprint density at radius 3 is 2.67 bits per heavy atom. The zero-order valence-electron chi connectivity index (χ0n) is 9.45. The van der Waals surface area contributed by atoms with Gasteiger partial charge >= 0.3 is 0 Å². The van der Waals surface area contributed by atoms with E-state index in [9.17, 15) is 0 Å². The number of hydrogen-bond acceptors (Lipinski definition) is 2. The lowest BCUT2D eigenvalue weighted by Crippen LogP contribution is -2.27. The van der Waals surface area contributed by atoms with Gasteiger partial charge in [-0.2, -0.15) is 0 Å². The van der Waals surface area contributed by atoms with Crippen LogP contribution in [0.2, 0.25) is 0 Å². The van der Waals surface area contributed by atoms with Crippen molar-refractivity contribution in [3.05, 3.63) is 30.1 Å². The Balaban J connectivity index is 2.09. The van der Waals surface area contributed by atoms with Crippen LogP contribution in [0.3, 0.4) is 0 Å². The molecule has 1 saturated carbocycles. The lowest BCUT2D eigenvalue weighted by molar-refractivity contribution is 0.278. The Morgan fingerprint density at radius 1 is 1.27 bits per heavy atom. The van der Waals surface area contributed by atoms with Gasteiger partial charge in [-0.25, -0.2) is 0 Å². The molecule has 0 aromatic carbocycles. The van der Waals surface area contributed by atoms with Gasteiger partial charge in [-0.3, -0.25) is 4.98 Å². The van der Waals surface area contributed by atoms with Gasteiger partial charge in [0.2, 0.25) is 0 Å². The van der Waals surface area contributed by atoms with Gasteiger partial charge < -0.3 is 5.32 Å². The number of aromatic nitrogens is 1. The second kappa shape index (κ2) is 5.26. The van der Waals surface area contributed by atoms with E-state index in [2.05, 4.69) is 22.4 Å². The Hall–Kier alpha value is -0.890. The van der Waals surface area contributed by atoms with E-state index >= 15 is 0 Å². The summed E-state index contributed by atoms with van der Waals surface area (Å²) in [6.07, 6.45) is 8.77. The molecule has 0 spiro atoms. The average Bonchev–Trinajstić information content (AvgIpc) is 2.33. The molecule has 1 aromatic rings. The molecular weight excluding hydrogens is 184 g/mol. The van der Waals surface area contributed by atoms with Crippen LogP contribution in [0.1, 0.15) is 43.8 Å². The summed E-state index contributed by atoms with van der Waals surface area (Å²) in [6, 6.07) is 6.65. The first kappa shape index (κ1) is 10.6. The minimum absolute atomic E-state index is 0.450. The Bertz CT molecular complexity index is 278. The molecule has 1 unspecified atom stereocenters. The van der Waals surface area contributed by atoms with Crippen LogP contribution in [-0.4, -0.2) is 12.0 Å². The van der Waals surface area contributed by atoms with E-state index in [0.29, 0.717) is 6.04 Å². The molecular formula is C13H20N2. The number of nitrogens with zero attached hydrogens (tertiary/aromatic N) is 1. The molecule has 1 aliphatic rings. The maximum atomic E-state index is 4.46. The summed E-state index contributed by atoms with van der Waals surface area (Å²) in [5.74, 6) is 0.777. The van der Waals surface area contributed by atoms with Crippen molar-refractivity contribution in [2.24, 2.45) is 5.92 Å². The average molecular weight is 204 g/mol. The Kier molecular flexibility index (Phi) is 3.73. The molecule has 1 aliphatic carbocycles. The van der Waals surface area contributed by atoms with Gasteiger partial charge in [0, 0.05) is 6.20 Å². The number of hydrogen-bond donors (Lipinski definition) is 1. The molecule has 0 amide bonds. The van der Waals surface area contributed by atoms with Crippen molar-refractivity contribution in [2.45, 2.75) is 38.1 Å². The van der Waals surface area contributed by atoms with Crippen molar-refractivity contribution in [1.29, 1.82) is 0 Å². The van der Waals surface area contributed by atoms with E-state index in [-0.39, 0.29) is 0 Å². The molecule has 0 saturated heterocycles. The third-order valence-corrected chi connectivity index (χ3v) is 3.44. The lowest BCUT2D eigenvalue weighted by Gasteiger charge is -2.29. The topological polar surface area (TPSA) is 24.9 Å². The smallest absolute Gasteiger partial charge is 0.0575 e. The van der Waals surface area contributed by atoms with Gasteiger partial charge in [0.1, 0.15) is 0 Å². The second-order valence-corrected chi connectivity index (χ2v) is 4.42. The predicted octanol–water partition coefficient (Wildman–Crippen LogP) is 2.92. The van der Waals surface area contributed by atoms with Crippen molar-refractivity contribution < 1.29 is 0 Å². The summed E-state index contributed by atoms with van der Waals surface area (Å²) in [5, 5.41) is 3.43. The molecule has 15 heavy (non-hydrogen) atoms. The van der Waals surface area contributed by atoms with Crippen LogP contribution in [0.15, 0.2) is 24.4 Å². The van der Waals surface area contributed by atoms with Gasteiger partial charge in [0.25, 0.3) is 0 Å². The minimum Gasteiger partial charge on any atom is -0.311 e. The molecule has 1 heterocycles. The molecule has 1 N–H and O–H groups in total. The van der Waals surface area contributed by atoms with Crippen molar-refractivity contribution in [3.8, 4) is 0 Å². The van der Waals surface area contributed by atoms with E-state index < -0.39 is 0 Å². The van der Waals surface area contributed by atoms with E-state index in [0.717, 1.165) is 5.92 Å². The lowest BCUT2D eigenvalue weighted by atomic mass is 9.82. The number of rotatable bonds is 3. The highest BCUT2D eigenvalue weighted by Crippen LogP contribution is 2.33. The van der Waals surface area contributed by atoms with E-state index in [1.54, 1.807) is 0 Å². The summed E-state index contributed by atoms with van der Waals surface area (Å²) in [6.45, 7) is 0. The standard InChI is InChI=1S/C13H20N2/c1-14-13(11-7-3-2-4-8-11)12-9-5-6-10-15-12/h5-6,9-11,13-14H,2-4,7-8H2,1H3. The third kappa shape index (κ3) is 2.57. The van der Waals surface area contributed by atoms with Crippen LogP contribution in [0, 0.1) is 5.92 Å². The first-order valence-electron chi connectivity index (χ1n) is 6.00. The fraction of sp³-hybridized carbons (Fsp3) is 0.615. The highest BCUT2D eigenvalue weighted by atomic mass is 14.9. The zero-order valence-corrected chi connectivity index (χ0v) is 9.45. The summed E-state index contributed by atoms with van der Waals surface area (Å²) in [5.41, 5.74) is 1.20. The van der Waals surface area contributed by atoms with Gasteiger partial charge in [-0.15, -0.1) is 0 Å². The van der Waals surface area contributed by atoms with Crippen LogP contribution in [-0.2, 0) is 0 Å². The quantitative estimate of drug-likeness (QED) is 0.819. The zero-order chi connectivity index (χ0) is 10.5. The molecule has 0 aliphatic heterocycles. The maximum Gasteiger partial charge on any atom is 0.0575 e. The van der Waals surface area contributed by atoms with Crippen LogP contribution < -0.4 is 5.32 Å². The molecule has 0 radical (unpaired) electrons. The van der Waals surface area contributed by atoms with E-state index in [4.69, 9.17) is 0 Å². The van der Waals surface area contributed by atoms with Gasteiger partial charge in [-0.05, 0) is 37.9 Å². The second-order valence-electron chi connectivity index (χ2n) is 4.42. The number of nitrogens with one attached hydrogen (secondary N) is 1. The molecule has 2 heteroatoms. The Morgan fingerprint density at radius 2 is 2.07 bits per heavy atom. The van der Waals surface area contributed by atoms with E-state index in [1.807, 2.05) is 19.3 Å². The van der Waals surface area contributed by atoms with Crippen LogP contribution in [0.25, 0.3) is 0 Å². The summed E-state index contributed by atoms with van der Waals surface area (Å²) in [7, 11) is 2.05. The molecule has 1 fully saturated rings. The molecule has 1 aromatic heterocycles. The minimum atomic E-state index is 0.450. The van der Waals surface area contributed by atoms with Gasteiger partial charge in [0.05, 0.1) is 11.7 Å². The summed E-state index contributed by atoms with van der Waals surface area (Å²) >= 11 is 0. The fourth-order valence-electron chi connectivity index (χ4n) is 2.65. The normalized spacial score (nSPS) is 20.1. The van der Waals surface area contributed by atoms with Crippen LogP contribution in [0.5, 0.6) is 0 Å². The molecule has 1 atom stereocenters. The van der Waals surface area contributed by atoms with Crippen molar-refractivity contribution >= 4 is 0 Å². The first-order valence-corrected chi connectivity index (χ1v) is 6.00. The fourth-order valence-corrected chi connectivity index (χ4v) is 2.65. The summed E-state index contributed by atoms with van der Waals surface area (Å²) < 4.78 is 0. The Labute approximate surface area is 92.1 Å². The van der Waals surface area contributed by atoms with E-state index in [1.165, 1.54) is 37.8 Å². The van der Waals surface area contributed by atoms with Crippen molar-refractivity contribution in [3.63, 3.8) is 0 Å². The van der Waals surface area contributed by atoms with Gasteiger partial charge in [-0.1, -0.05) is 25.3 Å². The van der Waals surface area contributed by atoms with Crippen molar-refractivity contribution in [2.75, 3.05) is 7.05 Å². The van der Waals surface area contributed by atoms with Crippen LogP contribution in [0.4, 0.5) is 0 Å². The SMILES string of the molecule is CNC(c1ccccn1)C1CCCCC1. The monoisotopic (exact) mass is 204 g/mol. The largest absolute Gasteiger partial charge is 0.311 e. The van der Waals surface area contributed by atoms with Crippen LogP contribution >= 0.6 is 0 Å². The van der Waals surface area contributed by atoms with Gasteiger partial charge in [0.15, 0.2) is 0 Å². The first-order chi connectivity index (χ1) is 7.42. The number of pyridine rings is 1. The molecule has 0 bridgehead atoms.